The Hall–Kier alpha value is -0.920. The molecule has 0 aromatic carbocycles. The van der Waals surface area contributed by atoms with Gasteiger partial charge < -0.3 is 4.74 Å². The highest BCUT2D eigenvalue weighted by Gasteiger charge is 2.36. The zero-order chi connectivity index (χ0) is 14.0. The summed E-state index contributed by atoms with van der Waals surface area (Å²) in [6.07, 6.45) is 6.24. The van der Waals surface area contributed by atoms with Gasteiger partial charge in [-0.3, -0.25) is 0 Å². The van der Waals surface area contributed by atoms with Gasteiger partial charge in [-0.15, -0.1) is 0 Å². The van der Waals surface area contributed by atoms with Gasteiger partial charge in [-0.2, -0.15) is 4.31 Å². The molecule has 6 nitrogen and oxygen atoms in total. The summed E-state index contributed by atoms with van der Waals surface area (Å²) in [4.78, 5) is 7.75. The first-order valence-electron chi connectivity index (χ1n) is 5.95. The molecule has 1 aromatic rings. The average Bonchev–Trinajstić information content (AvgIpc) is 2.78. The molecule has 0 N–H and O–H groups in total. The molecule has 1 aromatic heterocycles. The number of hydrogen-bond donors (Lipinski definition) is 0. The fourth-order valence-corrected chi connectivity index (χ4v) is 3.12. The van der Waals surface area contributed by atoms with E-state index in [4.69, 9.17) is 16.3 Å². The predicted octanol–water partition coefficient (Wildman–Crippen LogP) is 1.32. The first-order chi connectivity index (χ1) is 8.89. The van der Waals surface area contributed by atoms with Crippen molar-refractivity contribution >= 4 is 21.6 Å². The van der Waals surface area contributed by atoms with E-state index in [0.29, 0.717) is 10.9 Å². The van der Waals surface area contributed by atoms with Crippen LogP contribution in [0.4, 0.5) is 0 Å². The van der Waals surface area contributed by atoms with Crippen LogP contribution in [0.1, 0.15) is 19.3 Å². The van der Waals surface area contributed by atoms with Crippen molar-refractivity contribution in [3.8, 4) is 5.88 Å². The van der Waals surface area contributed by atoms with Crippen LogP contribution in [-0.2, 0) is 10.0 Å². The van der Waals surface area contributed by atoms with Gasteiger partial charge >= 0.3 is 0 Å². The number of ether oxygens (including phenoxy) is 1. The number of hydrogen-bond acceptors (Lipinski definition) is 5. The van der Waals surface area contributed by atoms with E-state index >= 15 is 0 Å². The van der Waals surface area contributed by atoms with Crippen LogP contribution >= 0.6 is 11.6 Å². The van der Waals surface area contributed by atoms with E-state index in [-0.39, 0.29) is 12.1 Å². The van der Waals surface area contributed by atoms with Crippen LogP contribution in [0.25, 0.3) is 0 Å². The first-order valence-corrected chi connectivity index (χ1v) is 8.17. The number of likely N-dealkylation sites (N-methyl/N-ethyl adjacent to an activating group) is 1. The van der Waals surface area contributed by atoms with E-state index < -0.39 is 10.0 Å². The Balaban J connectivity index is 2.14. The van der Waals surface area contributed by atoms with Crippen LogP contribution in [0.5, 0.6) is 5.88 Å². The van der Waals surface area contributed by atoms with E-state index in [0.717, 1.165) is 19.3 Å². The van der Waals surface area contributed by atoms with Crippen LogP contribution < -0.4 is 4.74 Å². The third kappa shape index (κ3) is 3.34. The normalized spacial score (nSPS) is 23.8. The maximum absolute atomic E-state index is 11.6. The van der Waals surface area contributed by atoms with Crippen molar-refractivity contribution in [2.45, 2.75) is 31.4 Å². The lowest BCUT2D eigenvalue weighted by Crippen LogP contribution is -2.43. The molecule has 1 fully saturated rings. The van der Waals surface area contributed by atoms with Gasteiger partial charge in [0.25, 0.3) is 0 Å². The second kappa shape index (κ2) is 5.60. The molecule has 1 heterocycles. The summed E-state index contributed by atoms with van der Waals surface area (Å²) in [6.45, 7) is 0. The Morgan fingerprint density at radius 1 is 1.47 bits per heavy atom. The van der Waals surface area contributed by atoms with Crippen LogP contribution in [0, 0.1) is 0 Å². The summed E-state index contributed by atoms with van der Waals surface area (Å²) >= 11 is 5.94. The van der Waals surface area contributed by atoms with Crippen molar-refractivity contribution in [2.75, 3.05) is 13.3 Å². The van der Waals surface area contributed by atoms with Gasteiger partial charge in [0.15, 0.2) is 0 Å². The lowest BCUT2D eigenvalue weighted by Gasteiger charge is -2.27. The molecule has 0 amide bonds. The third-order valence-corrected chi connectivity index (χ3v) is 4.88. The second-order valence-corrected chi connectivity index (χ2v) is 7.06. The molecule has 0 radical (unpaired) electrons. The summed E-state index contributed by atoms with van der Waals surface area (Å²) in [5.74, 6) is 0.301. The molecule has 1 aliphatic carbocycles. The molecule has 106 valence electrons. The molecule has 1 aliphatic rings. The maximum atomic E-state index is 11.6. The van der Waals surface area contributed by atoms with E-state index in [1.807, 2.05) is 0 Å². The van der Waals surface area contributed by atoms with Crippen LogP contribution in [0.3, 0.4) is 0 Å². The molecule has 0 unspecified atom stereocenters. The number of halogens is 1. The molecule has 0 aliphatic heterocycles. The minimum absolute atomic E-state index is 0.180. The van der Waals surface area contributed by atoms with Crippen molar-refractivity contribution < 1.29 is 13.2 Å². The minimum atomic E-state index is -3.23. The van der Waals surface area contributed by atoms with Gasteiger partial charge in [-0.1, -0.05) is 11.6 Å². The van der Waals surface area contributed by atoms with Gasteiger partial charge in [-0.25, -0.2) is 18.4 Å². The van der Waals surface area contributed by atoms with Gasteiger partial charge in [0.05, 0.1) is 18.5 Å². The zero-order valence-corrected chi connectivity index (χ0v) is 12.4. The van der Waals surface area contributed by atoms with Gasteiger partial charge in [-0.05, 0) is 19.3 Å². The average molecular weight is 306 g/mol. The third-order valence-electron chi connectivity index (χ3n) is 3.30. The van der Waals surface area contributed by atoms with Gasteiger partial charge in [0, 0.05) is 7.05 Å². The SMILES string of the molecule is CN([C@@H]1CCC[C@H]1Oc1ncncc1Cl)S(C)(=O)=O. The predicted molar refractivity (Wildman–Crippen MR) is 71.7 cm³/mol. The quantitative estimate of drug-likeness (QED) is 0.839. The molecule has 2 rings (SSSR count). The fraction of sp³-hybridized carbons (Fsp3) is 0.636. The van der Waals surface area contributed by atoms with Crippen LogP contribution in [0.2, 0.25) is 5.02 Å². The van der Waals surface area contributed by atoms with Crippen molar-refractivity contribution in [3.63, 3.8) is 0 Å². The monoisotopic (exact) mass is 305 g/mol. The largest absolute Gasteiger partial charge is 0.472 e. The van der Waals surface area contributed by atoms with Gasteiger partial charge in [0.2, 0.25) is 15.9 Å². The van der Waals surface area contributed by atoms with Crippen LogP contribution in [0.15, 0.2) is 12.5 Å². The van der Waals surface area contributed by atoms with Gasteiger partial charge in [0.1, 0.15) is 17.5 Å². The van der Waals surface area contributed by atoms with E-state index in [9.17, 15) is 8.42 Å². The Morgan fingerprint density at radius 3 is 2.84 bits per heavy atom. The summed E-state index contributed by atoms with van der Waals surface area (Å²) < 4.78 is 30.3. The minimum Gasteiger partial charge on any atom is -0.472 e. The van der Waals surface area contributed by atoms with E-state index in [2.05, 4.69) is 9.97 Å². The summed E-state index contributed by atoms with van der Waals surface area (Å²) in [7, 11) is -1.66. The Bertz CT molecular complexity index is 552. The standard InChI is InChI=1S/C11H16ClN3O3S/c1-15(19(2,16)17)9-4-3-5-10(9)18-11-8(12)6-13-7-14-11/h6-7,9-10H,3-5H2,1-2H3/t9-,10-/m1/s1. The number of rotatable bonds is 4. The summed E-state index contributed by atoms with van der Waals surface area (Å²) in [5, 5.41) is 0.329. The molecule has 19 heavy (non-hydrogen) atoms. The molecule has 1 saturated carbocycles. The topological polar surface area (TPSA) is 72.4 Å². The fourth-order valence-electron chi connectivity index (χ4n) is 2.24. The highest BCUT2D eigenvalue weighted by molar-refractivity contribution is 7.88. The highest BCUT2D eigenvalue weighted by atomic mass is 35.5. The van der Waals surface area contributed by atoms with Crippen molar-refractivity contribution in [1.82, 2.24) is 14.3 Å². The van der Waals surface area contributed by atoms with Crippen molar-refractivity contribution in [1.29, 1.82) is 0 Å². The zero-order valence-electron chi connectivity index (χ0n) is 10.8. The van der Waals surface area contributed by atoms with Crippen molar-refractivity contribution in [3.05, 3.63) is 17.5 Å². The molecular weight excluding hydrogens is 290 g/mol. The summed E-state index contributed by atoms with van der Waals surface area (Å²) in [6, 6.07) is -0.180. The molecule has 0 bridgehead atoms. The second-order valence-electron chi connectivity index (χ2n) is 4.61. The van der Waals surface area contributed by atoms with Crippen LogP contribution in [-0.4, -0.2) is 48.1 Å². The Morgan fingerprint density at radius 2 is 2.21 bits per heavy atom. The highest BCUT2D eigenvalue weighted by Crippen LogP contribution is 2.30. The van der Waals surface area contributed by atoms with E-state index in [1.165, 1.54) is 23.1 Å². The smallest absolute Gasteiger partial charge is 0.236 e. The molecular formula is C11H16ClN3O3S. The first kappa shape index (κ1) is 14.5. The number of sulfonamides is 1. The lowest BCUT2D eigenvalue weighted by atomic mass is 10.2. The Labute approximate surface area is 117 Å². The number of nitrogens with zero attached hydrogens (tertiary/aromatic N) is 3. The molecule has 0 saturated heterocycles. The number of aromatic nitrogens is 2. The lowest BCUT2D eigenvalue weighted by molar-refractivity contribution is 0.140. The Kier molecular flexibility index (Phi) is 4.27. The molecule has 8 heteroatoms. The van der Waals surface area contributed by atoms with Crippen molar-refractivity contribution in [2.24, 2.45) is 0 Å². The molecule has 0 spiro atoms. The maximum Gasteiger partial charge on any atom is 0.236 e. The summed E-state index contributed by atoms with van der Waals surface area (Å²) in [5.41, 5.74) is 0. The van der Waals surface area contributed by atoms with E-state index in [1.54, 1.807) is 7.05 Å². The molecule has 2 atom stereocenters.